The molecule has 1 unspecified atom stereocenters. The summed E-state index contributed by atoms with van der Waals surface area (Å²) >= 11 is 3.11. The molecular weight excluding hydrogens is 287 g/mol. The minimum atomic E-state index is -0.510. The van der Waals surface area contributed by atoms with E-state index in [9.17, 15) is 9.18 Å². The summed E-state index contributed by atoms with van der Waals surface area (Å²) in [5.74, 6) is -0.796. The van der Waals surface area contributed by atoms with E-state index in [1.54, 1.807) is 0 Å². The van der Waals surface area contributed by atoms with Gasteiger partial charge < -0.3 is 5.32 Å². The molecule has 0 radical (unpaired) electrons. The number of rotatable bonds is 4. The molecule has 1 atom stereocenters. The van der Waals surface area contributed by atoms with Crippen LogP contribution in [0.1, 0.15) is 30.1 Å². The second-order valence-electron chi connectivity index (χ2n) is 3.57. The lowest BCUT2D eigenvalue weighted by Crippen LogP contribution is -2.33. The Morgan fingerprint density at radius 1 is 1.65 bits per heavy atom. The second-order valence-corrected chi connectivity index (χ2v) is 4.42. The maximum absolute atomic E-state index is 12.8. The highest BCUT2D eigenvalue weighted by atomic mass is 79.9. The predicted octanol–water partition coefficient (Wildman–Crippen LogP) is 3.01. The van der Waals surface area contributed by atoms with Crippen molar-refractivity contribution in [2.75, 3.05) is 0 Å². The van der Waals surface area contributed by atoms with Gasteiger partial charge in [-0.25, -0.2) is 4.39 Å². The molecule has 1 amide bonds. The van der Waals surface area contributed by atoms with Gasteiger partial charge in [0.05, 0.1) is 11.6 Å². The summed E-state index contributed by atoms with van der Waals surface area (Å²) in [5.41, 5.74) is 0.322. The minimum absolute atomic E-state index is 0.322. The summed E-state index contributed by atoms with van der Waals surface area (Å²) in [6.07, 6.45) is 1.41. The molecule has 0 aliphatic carbocycles. The van der Waals surface area contributed by atoms with E-state index in [1.165, 1.54) is 18.2 Å². The van der Waals surface area contributed by atoms with Gasteiger partial charge in [-0.1, -0.05) is 13.3 Å². The number of benzene rings is 1. The van der Waals surface area contributed by atoms with Gasteiger partial charge in [-0.15, -0.1) is 0 Å². The number of nitrogens with one attached hydrogen (secondary N) is 1. The Morgan fingerprint density at radius 3 is 2.88 bits per heavy atom. The van der Waals surface area contributed by atoms with Crippen LogP contribution in [0.15, 0.2) is 22.7 Å². The summed E-state index contributed by atoms with van der Waals surface area (Å²) in [6.45, 7) is 1.93. The van der Waals surface area contributed by atoms with Crippen LogP contribution in [0.3, 0.4) is 0 Å². The second kappa shape index (κ2) is 6.36. The molecule has 1 aromatic rings. The van der Waals surface area contributed by atoms with E-state index in [0.717, 1.165) is 6.42 Å². The number of carbonyl (C=O) groups is 1. The molecule has 0 heterocycles. The smallest absolute Gasteiger partial charge is 0.253 e. The topological polar surface area (TPSA) is 52.9 Å². The highest BCUT2D eigenvalue weighted by Crippen LogP contribution is 2.18. The van der Waals surface area contributed by atoms with E-state index in [4.69, 9.17) is 5.26 Å². The number of halogens is 2. The number of hydrogen-bond donors (Lipinski definition) is 1. The van der Waals surface area contributed by atoms with Crippen molar-refractivity contribution >= 4 is 21.8 Å². The molecule has 0 fully saturated rings. The van der Waals surface area contributed by atoms with Crippen molar-refractivity contribution in [1.29, 1.82) is 5.26 Å². The van der Waals surface area contributed by atoms with Crippen molar-refractivity contribution in [2.24, 2.45) is 0 Å². The van der Waals surface area contributed by atoms with Gasteiger partial charge >= 0.3 is 0 Å². The van der Waals surface area contributed by atoms with E-state index in [1.807, 2.05) is 13.0 Å². The quantitative estimate of drug-likeness (QED) is 0.929. The van der Waals surface area contributed by atoms with E-state index < -0.39 is 11.9 Å². The summed E-state index contributed by atoms with van der Waals surface area (Å²) in [6, 6.07) is 5.32. The molecule has 17 heavy (non-hydrogen) atoms. The van der Waals surface area contributed by atoms with E-state index in [0.29, 0.717) is 16.5 Å². The normalized spacial score (nSPS) is 11.6. The Balaban J connectivity index is 2.79. The van der Waals surface area contributed by atoms with Crippen molar-refractivity contribution < 1.29 is 9.18 Å². The average molecular weight is 299 g/mol. The molecule has 5 heteroatoms. The van der Waals surface area contributed by atoms with Crippen molar-refractivity contribution in [3.63, 3.8) is 0 Å². The summed E-state index contributed by atoms with van der Waals surface area (Å²) < 4.78 is 13.2. The monoisotopic (exact) mass is 298 g/mol. The van der Waals surface area contributed by atoms with Crippen LogP contribution in [0, 0.1) is 17.1 Å². The molecular formula is C12H12BrFN2O. The highest BCUT2D eigenvalue weighted by Gasteiger charge is 2.14. The van der Waals surface area contributed by atoms with Crippen LogP contribution in [-0.4, -0.2) is 11.9 Å². The maximum Gasteiger partial charge on any atom is 0.253 e. The van der Waals surface area contributed by atoms with Gasteiger partial charge in [0.15, 0.2) is 0 Å². The maximum atomic E-state index is 12.8. The van der Waals surface area contributed by atoms with Gasteiger partial charge in [0.2, 0.25) is 0 Å². The fourth-order valence-corrected chi connectivity index (χ4v) is 1.90. The van der Waals surface area contributed by atoms with Gasteiger partial charge in [-0.3, -0.25) is 4.79 Å². The van der Waals surface area contributed by atoms with Crippen LogP contribution in [0.5, 0.6) is 0 Å². The average Bonchev–Trinajstić information content (AvgIpc) is 2.28. The van der Waals surface area contributed by atoms with Gasteiger partial charge in [-0.2, -0.15) is 5.26 Å². The van der Waals surface area contributed by atoms with Gasteiger partial charge in [0, 0.05) is 4.47 Å². The third kappa shape index (κ3) is 3.82. The molecule has 0 aromatic heterocycles. The molecule has 3 nitrogen and oxygen atoms in total. The highest BCUT2D eigenvalue weighted by molar-refractivity contribution is 9.10. The van der Waals surface area contributed by atoms with Crippen molar-refractivity contribution in [3.05, 3.63) is 34.1 Å². The molecule has 90 valence electrons. The Hall–Kier alpha value is -1.41. The zero-order valence-corrected chi connectivity index (χ0v) is 10.9. The predicted molar refractivity (Wildman–Crippen MR) is 65.9 cm³/mol. The lowest BCUT2D eigenvalue weighted by molar-refractivity contribution is 0.0943. The van der Waals surface area contributed by atoms with Crippen LogP contribution in [0.4, 0.5) is 4.39 Å². The number of nitriles is 1. The lowest BCUT2D eigenvalue weighted by atomic mass is 10.1. The first kappa shape index (κ1) is 13.7. The summed E-state index contributed by atoms with van der Waals surface area (Å²) in [5, 5.41) is 11.4. The van der Waals surface area contributed by atoms with Gasteiger partial charge in [0.25, 0.3) is 5.91 Å². The van der Waals surface area contributed by atoms with Gasteiger partial charge in [-0.05, 0) is 40.5 Å². The van der Waals surface area contributed by atoms with Crippen LogP contribution in [0.2, 0.25) is 0 Å². The Labute approximate surface area is 108 Å². The standard InChI is InChI=1S/C12H12BrFN2O/c1-2-3-9(7-15)16-12(17)10-5-4-8(14)6-11(10)13/h4-6,9H,2-3H2,1H3,(H,16,17). The Morgan fingerprint density at radius 2 is 2.35 bits per heavy atom. The van der Waals surface area contributed by atoms with E-state index in [2.05, 4.69) is 21.2 Å². The molecule has 0 aliphatic rings. The summed E-state index contributed by atoms with van der Waals surface area (Å²) in [7, 11) is 0. The molecule has 1 aromatic carbocycles. The van der Waals surface area contributed by atoms with Crippen molar-refractivity contribution in [2.45, 2.75) is 25.8 Å². The van der Waals surface area contributed by atoms with Crippen LogP contribution in [0.25, 0.3) is 0 Å². The largest absolute Gasteiger partial charge is 0.336 e. The summed E-state index contributed by atoms with van der Waals surface area (Å²) in [4.78, 5) is 11.8. The van der Waals surface area contributed by atoms with Gasteiger partial charge in [0.1, 0.15) is 11.9 Å². The fourth-order valence-electron chi connectivity index (χ4n) is 1.37. The SMILES string of the molecule is CCCC(C#N)NC(=O)c1ccc(F)cc1Br. The number of hydrogen-bond acceptors (Lipinski definition) is 2. The minimum Gasteiger partial charge on any atom is -0.336 e. The molecule has 0 spiro atoms. The first-order chi connectivity index (χ1) is 8.08. The first-order valence-corrected chi connectivity index (χ1v) is 6.03. The van der Waals surface area contributed by atoms with E-state index in [-0.39, 0.29) is 5.91 Å². The number of amides is 1. The van der Waals surface area contributed by atoms with Crippen LogP contribution < -0.4 is 5.32 Å². The fraction of sp³-hybridized carbons (Fsp3) is 0.333. The van der Waals surface area contributed by atoms with E-state index >= 15 is 0 Å². The first-order valence-electron chi connectivity index (χ1n) is 5.24. The van der Waals surface area contributed by atoms with Crippen LogP contribution in [-0.2, 0) is 0 Å². The Kier molecular flexibility index (Phi) is 5.11. The third-order valence-corrected chi connectivity index (χ3v) is 2.87. The Bertz CT molecular complexity index is 456. The van der Waals surface area contributed by atoms with Crippen LogP contribution >= 0.6 is 15.9 Å². The van der Waals surface area contributed by atoms with Crippen molar-refractivity contribution in [1.82, 2.24) is 5.32 Å². The molecule has 0 saturated carbocycles. The van der Waals surface area contributed by atoms with Crippen molar-refractivity contribution in [3.8, 4) is 6.07 Å². The number of nitrogens with zero attached hydrogens (tertiary/aromatic N) is 1. The molecule has 0 bridgehead atoms. The lowest BCUT2D eigenvalue weighted by Gasteiger charge is -2.11. The molecule has 1 rings (SSSR count). The zero-order valence-electron chi connectivity index (χ0n) is 9.34. The molecule has 0 saturated heterocycles. The molecule has 1 N–H and O–H groups in total. The molecule has 0 aliphatic heterocycles. The third-order valence-electron chi connectivity index (χ3n) is 2.21. The number of carbonyl (C=O) groups excluding carboxylic acids is 1. The zero-order chi connectivity index (χ0) is 12.8.